The van der Waals surface area contributed by atoms with Gasteiger partial charge < -0.3 is 25.2 Å². The molecule has 2 aromatic rings. The Balaban J connectivity index is 1.57. The molecule has 0 fully saturated rings. The summed E-state index contributed by atoms with van der Waals surface area (Å²) in [7, 11) is 0. The number of aliphatic carboxylic acids is 1. The van der Waals surface area contributed by atoms with E-state index in [1.54, 1.807) is 0 Å². The third-order valence-electron chi connectivity index (χ3n) is 5.49. The van der Waals surface area contributed by atoms with E-state index in [4.69, 9.17) is 14.6 Å². The maximum absolute atomic E-state index is 12.5. The Morgan fingerprint density at radius 1 is 1.06 bits per heavy atom. The maximum Gasteiger partial charge on any atom is 0.407 e. The summed E-state index contributed by atoms with van der Waals surface area (Å²) >= 11 is 0. The van der Waals surface area contributed by atoms with Gasteiger partial charge in [0, 0.05) is 18.9 Å². The average molecular weight is 467 g/mol. The smallest absolute Gasteiger partial charge is 0.407 e. The van der Waals surface area contributed by atoms with Gasteiger partial charge in [-0.25, -0.2) is 4.79 Å². The van der Waals surface area contributed by atoms with Crippen LogP contribution in [0.5, 0.6) is 0 Å². The first-order valence-corrected chi connectivity index (χ1v) is 11.2. The molecule has 0 aliphatic heterocycles. The highest BCUT2D eigenvalue weighted by molar-refractivity contribution is 5.86. The molecule has 2 aromatic carbocycles. The van der Waals surface area contributed by atoms with Crippen LogP contribution in [0.1, 0.15) is 36.8 Å². The molecule has 1 aliphatic rings. The Kier molecular flexibility index (Phi) is 8.81. The van der Waals surface area contributed by atoms with Crippen molar-refractivity contribution in [2.45, 2.75) is 31.7 Å². The van der Waals surface area contributed by atoms with Crippen molar-refractivity contribution in [1.29, 1.82) is 0 Å². The molecule has 8 nitrogen and oxygen atoms in total. The van der Waals surface area contributed by atoms with Crippen LogP contribution in [0.15, 0.2) is 60.7 Å². The third-order valence-corrected chi connectivity index (χ3v) is 5.49. The number of alkyl carbamates (subject to hydrolysis) is 1. The van der Waals surface area contributed by atoms with Gasteiger partial charge in [0.25, 0.3) is 0 Å². The standard InChI is InChI=1S/C26H30N2O6/c1-17(2)15-33-14-13-27-25(31)23(11-12-24(29)30)28-26(32)34-16-22-20-9-5-3-7-18(20)19-8-4-6-10-21(19)22/h3-10,22-23H,1,11-16H2,2H3,(H,27,31)(H,28,32)(H,29,30). The third kappa shape index (κ3) is 6.68. The molecule has 0 bridgehead atoms. The second-order valence-corrected chi connectivity index (χ2v) is 8.26. The molecule has 1 aliphatic carbocycles. The van der Waals surface area contributed by atoms with Crippen molar-refractivity contribution in [2.24, 2.45) is 0 Å². The molecule has 180 valence electrons. The molecule has 8 heteroatoms. The fourth-order valence-corrected chi connectivity index (χ4v) is 3.93. The van der Waals surface area contributed by atoms with Crippen LogP contribution in [0.2, 0.25) is 0 Å². The number of ether oxygens (including phenoxy) is 2. The number of hydrogen-bond acceptors (Lipinski definition) is 5. The highest BCUT2D eigenvalue weighted by atomic mass is 16.5. The molecule has 34 heavy (non-hydrogen) atoms. The van der Waals surface area contributed by atoms with Gasteiger partial charge in [-0.1, -0.05) is 60.7 Å². The topological polar surface area (TPSA) is 114 Å². The number of fused-ring (bicyclic) bond motifs is 3. The zero-order valence-electron chi connectivity index (χ0n) is 19.2. The number of amides is 2. The molecule has 1 unspecified atom stereocenters. The van der Waals surface area contributed by atoms with Gasteiger partial charge in [0.15, 0.2) is 0 Å². The molecule has 3 rings (SSSR count). The van der Waals surface area contributed by atoms with Crippen molar-refractivity contribution in [3.8, 4) is 11.1 Å². The second kappa shape index (κ2) is 12.0. The molecule has 1 atom stereocenters. The molecule has 0 saturated heterocycles. The first-order chi connectivity index (χ1) is 16.4. The van der Waals surface area contributed by atoms with Crippen LogP contribution < -0.4 is 10.6 Å². The maximum atomic E-state index is 12.5. The Bertz CT molecular complexity index is 1010. The van der Waals surface area contributed by atoms with Crippen LogP contribution in [0, 0.1) is 0 Å². The number of benzene rings is 2. The minimum absolute atomic E-state index is 0.0576. The number of carboxylic acids is 1. The van der Waals surface area contributed by atoms with Crippen LogP contribution in [-0.2, 0) is 19.1 Å². The van der Waals surface area contributed by atoms with Crippen LogP contribution in [0.25, 0.3) is 11.1 Å². The summed E-state index contributed by atoms with van der Waals surface area (Å²) < 4.78 is 10.8. The Morgan fingerprint density at radius 2 is 1.68 bits per heavy atom. The summed E-state index contributed by atoms with van der Waals surface area (Å²) in [6.07, 6.45) is -1.10. The lowest BCUT2D eigenvalue weighted by atomic mass is 9.98. The van der Waals surface area contributed by atoms with Gasteiger partial charge in [0.2, 0.25) is 5.91 Å². The molecule has 0 saturated carbocycles. The van der Waals surface area contributed by atoms with Gasteiger partial charge in [0.05, 0.1) is 13.2 Å². The first kappa shape index (κ1) is 25.0. The van der Waals surface area contributed by atoms with E-state index in [0.717, 1.165) is 27.8 Å². The van der Waals surface area contributed by atoms with Gasteiger partial charge >= 0.3 is 12.1 Å². The highest BCUT2D eigenvalue weighted by Gasteiger charge is 2.29. The lowest BCUT2D eigenvalue weighted by Gasteiger charge is -2.19. The molecular formula is C26H30N2O6. The van der Waals surface area contributed by atoms with E-state index in [2.05, 4.69) is 17.2 Å². The van der Waals surface area contributed by atoms with Crippen molar-refractivity contribution in [2.75, 3.05) is 26.4 Å². The van der Waals surface area contributed by atoms with Crippen LogP contribution >= 0.6 is 0 Å². The van der Waals surface area contributed by atoms with E-state index in [0.29, 0.717) is 6.61 Å². The van der Waals surface area contributed by atoms with Crippen molar-refractivity contribution >= 4 is 18.0 Å². The number of hydrogen-bond donors (Lipinski definition) is 3. The van der Waals surface area contributed by atoms with Crippen molar-refractivity contribution < 1.29 is 29.0 Å². The fraction of sp³-hybridized carbons (Fsp3) is 0.346. The lowest BCUT2D eigenvalue weighted by Crippen LogP contribution is -2.48. The molecule has 0 spiro atoms. The molecule has 0 heterocycles. The Labute approximate surface area is 199 Å². The second-order valence-electron chi connectivity index (χ2n) is 8.26. The summed E-state index contributed by atoms with van der Waals surface area (Å²) in [5.74, 6) is -1.67. The van der Waals surface area contributed by atoms with Crippen molar-refractivity contribution in [1.82, 2.24) is 10.6 Å². The number of rotatable bonds is 12. The molecule has 0 aromatic heterocycles. The largest absolute Gasteiger partial charge is 0.481 e. The summed E-state index contributed by atoms with van der Waals surface area (Å²) in [6.45, 7) is 6.54. The van der Waals surface area contributed by atoms with Crippen molar-refractivity contribution in [3.05, 3.63) is 71.8 Å². The Hall–Kier alpha value is -3.65. The zero-order chi connectivity index (χ0) is 24.5. The zero-order valence-corrected chi connectivity index (χ0v) is 19.2. The normalized spacial score (nSPS) is 12.9. The first-order valence-electron chi connectivity index (χ1n) is 11.2. The summed E-state index contributed by atoms with van der Waals surface area (Å²) in [4.78, 5) is 36.1. The fourth-order valence-electron chi connectivity index (χ4n) is 3.93. The predicted molar refractivity (Wildman–Crippen MR) is 128 cm³/mol. The number of carbonyl (C=O) groups is 3. The van der Waals surface area contributed by atoms with E-state index >= 15 is 0 Å². The van der Waals surface area contributed by atoms with E-state index in [1.807, 2.05) is 55.5 Å². The average Bonchev–Trinajstić information content (AvgIpc) is 3.13. The molecule has 2 amide bonds. The molecular weight excluding hydrogens is 436 g/mol. The Morgan fingerprint density at radius 3 is 2.26 bits per heavy atom. The van der Waals surface area contributed by atoms with E-state index in [9.17, 15) is 14.4 Å². The van der Waals surface area contributed by atoms with Gasteiger partial charge in [0.1, 0.15) is 12.6 Å². The summed E-state index contributed by atoms with van der Waals surface area (Å²) in [5, 5.41) is 14.2. The number of nitrogens with one attached hydrogen (secondary N) is 2. The van der Waals surface area contributed by atoms with Gasteiger partial charge in [-0.05, 0) is 35.6 Å². The van der Waals surface area contributed by atoms with E-state index < -0.39 is 24.0 Å². The van der Waals surface area contributed by atoms with Gasteiger partial charge in [-0.2, -0.15) is 0 Å². The summed E-state index contributed by atoms with van der Waals surface area (Å²) in [6, 6.07) is 14.9. The lowest BCUT2D eigenvalue weighted by molar-refractivity contribution is -0.137. The van der Waals surface area contributed by atoms with Gasteiger partial charge in [-0.3, -0.25) is 9.59 Å². The van der Waals surface area contributed by atoms with Crippen LogP contribution in [-0.4, -0.2) is 55.5 Å². The number of carboxylic acid groups (broad SMARTS) is 1. The van der Waals surface area contributed by atoms with Gasteiger partial charge in [-0.15, -0.1) is 0 Å². The minimum Gasteiger partial charge on any atom is -0.481 e. The SMILES string of the molecule is C=C(C)COCCNC(=O)C(CCC(=O)O)NC(=O)OCC1c2ccccc2-c2ccccc21. The van der Waals surface area contributed by atoms with E-state index in [-0.39, 0.29) is 38.5 Å². The van der Waals surface area contributed by atoms with Crippen LogP contribution in [0.4, 0.5) is 4.79 Å². The highest BCUT2D eigenvalue weighted by Crippen LogP contribution is 2.44. The predicted octanol–water partition coefficient (Wildman–Crippen LogP) is 3.47. The monoisotopic (exact) mass is 466 g/mol. The quantitative estimate of drug-likeness (QED) is 0.326. The van der Waals surface area contributed by atoms with Crippen molar-refractivity contribution in [3.63, 3.8) is 0 Å². The molecule has 0 radical (unpaired) electrons. The van der Waals surface area contributed by atoms with Crippen LogP contribution in [0.3, 0.4) is 0 Å². The number of carbonyl (C=O) groups excluding carboxylic acids is 2. The van der Waals surface area contributed by atoms with E-state index in [1.165, 1.54) is 0 Å². The summed E-state index contributed by atoms with van der Waals surface area (Å²) in [5.41, 5.74) is 5.24. The minimum atomic E-state index is -1.06. The molecule has 3 N–H and O–H groups in total.